The largest absolute Gasteiger partial charge is 0.355 e. The van der Waals surface area contributed by atoms with E-state index in [4.69, 9.17) is 9.47 Å². The van der Waals surface area contributed by atoms with Crippen LogP contribution in [0.1, 0.15) is 18.5 Å². The van der Waals surface area contributed by atoms with Gasteiger partial charge in [0.1, 0.15) is 0 Å². The van der Waals surface area contributed by atoms with Crippen LogP contribution in [0.15, 0.2) is 29.2 Å². The molecule has 6 nitrogen and oxygen atoms in total. The summed E-state index contributed by atoms with van der Waals surface area (Å²) in [5.41, 5.74) is 0.999. The smallest absolute Gasteiger partial charge is 0.242 e. The first-order chi connectivity index (χ1) is 9.82. The van der Waals surface area contributed by atoms with Crippen molar-refractivity contribution in [2.24, 2.45) is 0 Å². The molecule has 0 fully saturated rings. The summed E-state index contributed by atoms with van der Waals surface area (Å²) in [6.45, 7) is 2.55. The SMILES string of the molecule is COC(CNC(C)c1ccc(S(=O)(=O)N(C)C)cc1)OC. The number of benzene rings is 1. The molecular weight excluding hydrogens is 292 g/mol. The van der Waals surface area contributed by atoms with Crippen molar-refractivity contribution in [2.75, 3.05) is 34.9 Å². The molecule has 1 N–H and O–H groups in total. The van der Waals surface area contributed by atoms with Crippen LogP contribution in [0.3, 0.4) is 0 Å². The van der Waals surface area contributed by atoms with Crippen molar-refractivity contribution in [1.29, 1.82) is 0 Å². The number of sulfonamides is 1. The Morgan fingerprint density at radius 1 is 1.14 bits per heavy atom. The van der Waals surface area contributed by atoms with E-state index in [1.54, 1.807) is 26.4 Å². The van der Waals surface area contributed by atoms with Gasteiger partial charge in [0.2, 0.25) is 10.0 Å². The van der Waals surface area contributed by atoms with Gasteiger partial charge in [-0.1, -0.05) is 12.1 Å². The molecule has 1 atom stereocenters. The number of methoxy groups -OCH3 is 2. The first-order valence-electron chi connectivity index (χ1n) is 6.64. The maximum atomic E-state index is 12.0. The van der Waals surface area contributed by atoms with E-state index < -0.39 is 10.0 Å². The Labute approximate surface area is 127 Å². The Bertz CT molecular complexity index is 524. The normalized spacial score (nSPS) is 13.9. The second kappa shape index (κ2) is 7.86. The molecule has 0 aliphatic carbocycles. The third-order valence-corrected chi connectivity index (χ3v) is 5.10. The summed E-state index contributed by atoms with van der Waals surface area (Å²) < 4.78 is 35.4. The summed E-state index contributed by atoms with van der Waals surface area (Å²) in [7, 11) is 2.82. The number of nitrogens with zero attached hydrogens (tertiary/aromatic N) is 1. The van der Waals surface area contributed by atoms with Gasteiger partial charge >= 0.3 is 0 Å². The van der Waals surface area contributed by atoms with Crippen LogP contribution in [-0.2, 0) is 19.5 Å². The minimum Gasteiger partial charge on any atom is -0.355 e. The van der Waals surface area contributed by atoms with Crippen LogP contribution in [0.4, 0.5) is 0 Å². The number of nitrogens with one attached hydrogen (secondary N) is 1. The highest BCUT2D eigenvalue weighted by molar-refractivity contribution is 7.89. The molecule has 0 heterocycles. The van der Waals surface area contributed by atoms with E-state index in [0.717, 1.165) is 5.56 Å². The van der Waals surface area contributed by atoms with Crippen LogP contribution >= 0.6 is 0 Å². The van der Waals surface area contributed by atoms with Gasteiger partial charge in [-0.05, 0) is 24.6 Å². The summed E-state index contributed by atoms with van der Waals surface area (Å²) in [6.07, 6.45) is -0.305. The maximum Gasteiger partial charge on any atom is 0.242 e. The van der Waals surface area contributed by atoms with E-state index >= 15 is 0 Å². The molecule has 0 aliphatic heterocycles. The van der Waals surface area contributed by atoms with E-state index in [-0.39, 0.29) is 17.2 Å². The van der Waals surface area contributed by atoms with Gasteiger partial charge < -0.3 is 14.8 Å². The zero-order chi connectivity index (χ0) is 16.0. The van der Waals surface area contributed by atoms with Gasteiger partial charge in [0.25, 0.3) is 0 Å². The Morgan fingerprint density at radius 3 is 2.10 bits per heavy atom. The zero-order valence-electron chi connectivity index (χ0n) is 13.2. The minimum atomic E-state index is -3.38. The molecule has 0 aliphatic rings. The van der Waals surface area contributed by atoms with Gasteiger partial charge in [0.05, 0.1) is 4.90 Å². The Hall–Kier alpha value is -0.990. The fourth-order valence-electron chi connectivity index (χ4n) is 1.79. The Morgan fingerprint density at radius 2 is 1.67 bits per heavy atom. The molecule has 1 aromatic carbocycles. The van der Waals surface area contributed by atoms with E-state index in [9.17, 15) is 8.42 Å². The van der Waals surface area contributed by atoms with Crippen molar-refractivity contribution < 1.29 is 17.9 Å². The van der Waals surface area contributed by atoms with E-state index in [1.807, 2.05) is 19.1 Å². The van der Waals surface area contributed by atoms with Crippen LogP contribution in [0.5, 0.6) is 0 Å². The lowest BCUT2D eigenvalue weighted by Gasteiger charge is -2.19. The molecule has 1 unspecified atom stereocenters. The molecule has 0 bridgehead atoms. The number of ether oxygens (including phenoxy) is 2. The molecule has 0 saturated heterocycles. The van der Waals surface area contributed by atoms with Gasteiger partial charge in [-0.3, -0.25) is 0 Å². The fraction of sp³-hybridized carbons (Fsp3) is 0.571. The molecule has 0 radical (unpaired) electrons. The van der Waals surface area contributed by atoms with Crippen molar-refractivity contribution >= 4 is 10.0 Å². The summed E-state index contributed by atoms with van der Waals surface area (Å²) in [4.78, 5) is 0.287. The summed E-state index contributed by atoms with van der Waals surface area (Å²) in [6, 6.07) is 6.92. The number of rotatable bonds is 8. The van der Waals surface area contributed by atoms with Crippen LogP contribution < -0.4 is 5.32 Å². The molecule has 0 amide bonds. The highest BCUT2D eigenvalue weighted by Gasteiger charge is 2.17. The summed E-state index contributed by atoms with van der Waals surface area (Å²) in [5.74, 6) is 0. The Balaban J connectivity index is 2.74. The molecule has 0 aromatic heterocycles. The third-order valence-electron chi connectivity index (χ3n) is 3.28. The summed E-state index contributed by atoms with van der Waals surface area (Å²) >= 11 is 0. The minimum absolute atomic E-state index is 0.0638. The molecule has 7 heteroatoms. The topological polar surface area (TPSA) is 67.9 Å². The predicted molar refractivity (Wildman–Crippen MR) is 81.5 cm³/mol. The van der Waals surface area contributed by atoms with Crippen LogP contribution in [0, 0.1) is 0 Å². The van der Waals surface area contributed by atoms with Crippen molar-refractivity contribution in [2.45, 2.75) is 24.2 Å². The molecule has 0 saturated carbocycles. The molecule has 1 rings (SSSR count). The molecule has 21 heavy (non-hydrogen) atoms. The number of hydrogen-bond donors (Lipinski definition) is 1. The average molecular weight is 316 g/mol. The number of hydrogen-bond acceptors (Lipinski definition) is 5. The van der Waals surface area contributed by atoms with Crippen molar-refractivity contribution in [1.82, 2.24) is 9.62 Å². The fourth-order valence-corrected chi connectivity index (χ4v) is 2.69. The van der Waals surface area contributed by atoms with Crippen LogP contribution in [-0.4, -0.2) is 53.9 Å². The van der Waals surface area contributed by atoms with E-state index in [2.05, 4.69) is 5.32 Å². The molecule has 1 aromatic rings. The van der Waals surface area contributed by atoms with Crippen LogP contribution in [0.2, 0.25) is 0 Å². The molecule has 120 valence electrons. The third kappa shape index (κ3) is 4.76. The van der Waals surface area contributed by atoms with Crippen molar-refractivity contribution in [3.05, 3.63) is 29.8 Å². The highest BCUT2D eigenvalue weighted by atomic mass is 32.2. The second-order valence-electron chi connectivity index (χ2n) is 4.89. The lowest BCUT2D eigenvalue weighted by molar-refractivity contribution is -0.0997. The van der Waals surface area contributed by atoms with Gasteiger partial charge in [-0.2, -0.15) is 0 Å². The lowest BCUT2D eigenvalue weighted by Crippen LogP contribution is -2.31. The van der Waals surface area contributed by atoms with E-state index in [0.29, 0.717) is 6.54 Å². The van der Waals surface area contributed by atoms with Gasteiger partial charge in [0.15, 0.2) is 6.29 Å². The maximum absolute atomic E-state index is 12.0. The molecular formula is C14H24N2O4S. The van der Waals surface area contributed by atoms with Gasteiger partial charge in [0, 0.05) is 40.9 Å². The summed E-state index contributed by atoms with van der Waals surface area (Å²) in [5, 5.41) is 3.27. The van der Waals surface area contributed by atoms with E-state index in [1.165, 1.54) is 18.4 Å². The first kappa shape index (κ1) is 18.1. The van der Waals surface area contributed by atoms with Crippen LogP contribution in [0.25, 0.3) is 0 Å². The van der Waals surface area contributed by atoms with Gasteiger partial charge in [-0.25, -0.2) is 12.7 Å². The Kier molecular flexibility index (Phi) is 6.76. The first-order valence-corrected chi connectivity index (χ1v) is 8.08. The van der Waals surface area contributed by atoms with Crippen molar-refractivity contribution in [3.8, 4) is 0 Å². The van der Waals surface area contributed by atoms with Gasteiger partial charge in [-0.15, -0.1) is 0 Å². The standard InChI is InChI=1S/C14H24N2O4S/c1-11(15-10-14(19-4)20-5)12-6-8-13(9-7-12)21(17,18)16(2)3/h6-9,11,14-15H,10H2,1-5H3. The predicted octanol–water partition coefficient (Wildman–Crippen LogP) is 1.21. The van der Waals surface area contributed by atoms with Crippen molar-refractivity contribution in [3.63, 3.8) is 0 Å². The second-order valence-corrected chi connectivity index (χ2v) is 7.04. The average Bonchev–Trinajstić information content (AvgIpc) is 2.48. The lowest BCUT2D eigenvalue weighted by atomic mass is 10.1. The quantitative estimate of drug-likeness (QED) is 0.730. The highest BCUT2D eigenvalue weighted by Crippen LogP contribution is 2.18. The monoisotopic (exact) mass is 316 g/mol. The molecule has 0 spiro atoms. The zero-order valence-corrected chi connectivity index (χ0v) is 14.0.